The third kappa shape index (κ3) is 4.00. The first kappa shape index (κ1) is 15.1. The molecule has 0 nitrogen and oxygen atoms in total. The minimum absolute atomic E-state index is 0.592. The van der Waals surface area contributed by atoms with Crippen LogP contribution in [0.4, 0.5) is 0 Å². The van der Waals surface area contributed by atoms with Gasteiger partial charge in [0, 0.05) is 0 Å². The van der Waals surface area contributed by atoms with E-state index >= 15 is 0 Å². The molecular formula is C17H34. The molecule has 1 fully saturated rings. The first-order chi connectivity index (χ1) is 7.79. The van der Waals surface area contributed by atoms with Crippen LogP contribution in [0.1, 0.15) is 74.1 Å². The fraction of sp³-hybridized carbons (Fsp3) is 1.00. The Morgan fingerprint density at radius 1 is 1.12 bits per heavy atom. The van der Waals surface area contributed by atoms with Crippen molar-refractivity contribution in [2.45, 2.75) is 74.1 Å². The lowest BCUT2D eigenvalue weighted by Crippen LogP contribution is -2.18. The van der Waals surface area contributed by atoms with Gasteiger partial charge < -0.3 is 0 Å². The van der Waals surface area contributed by atoms with Gasteiger partial charge in [-0.3, -0.25) is 0 Å². The Balaban J connectivity index is 2.40. The van der Waals surface area contributed by atoms with Crippen LogP contribution in [0, 0.1) is 35.0 Å². The molecule has 0 heteroatoms. The van der Waals surface area contributed by atoms with Crippen molar-refractivity contribution in [1.29, 1.82) is 0 Å². The van der Waals surface area contributed by atoms with Crippen molar-refractivity contribution in [3.05, 3.63) is 0 Å². The normalized spacial score (nSPS) is 28.2. The van der Waals surface area contributed by atoms with Crippen molar-refractivity contribution >= 4 is 0 Å². The molecule has 0 saturated heterocycles. The van der Waals surface area contributed by atoms with E-state index in [4.69, 9.17) is 0 Å². The van der Waals surface area contributed by atoms with Crippen LogP contribution in [0.2, 0.25) is 0 Å². The summed E-state index contributed by atoms with van der Waals surface area (Å²) in [7, 11) is 0. The van der Waals surface area contributed by atoms with Gasteiger partial charge in [-0.15, -0.1) is 0 Å². The summed E-state index contributed by atoms with van der Waals surface area (Å²) in [6.45, 7) is 16.9. The van der Waals surface area contributed by atoms with E-state index < -0.39 is 0 Å². The van der Waals surface area contributed by atoms with E-state index in [9.17, 15) is 0 Å². The molecule has 0 radical (unpaired) electrons. The SMILES string of the molecule is CCCC(C)(C)C1CC1C(C)CC(C)C(C)C. The van der Waals surface area contributed by atoms with Crippen molar-refractivity contribution in [2.75, 3.05) is 0 Å². The molecule has 102 valence electrons. The van der Waals surface area contributed by atoms with Gasteiger partial charge >= 0.3 is 0 Å². The fourth-order valence-electron chi connectivity index (χ4n) is 3.61. The summed E-state index contributed by atoms with van der Waals surface area (Å²) in [5.41, 5.74) is 0.592. The third-order valence-electron chi connectivity index (χ3n) is 5.35. The highest BCUT2D eigenvalue weighted by molar-refractivity contribution is 4.98. The number of hydrogen-bond donors (Lipinski definition) is 0. The molecule has 1 rings (SSSR count). The van der Waals surface area contributed by atoms with Crippen LogP contribution in [0.3, 0.4) is 0 Å². The lowest BCUT2D eigenvalue weighted by atomic mass is 9.79. The van der Waals surface area contributed by atoms with Gasteiger partial charge in [-0.2, -0.15) is 0 Å². The van der Waals surface area contributed by atoms with Crippen molar-refractivity contribution in [2.24, 2.45) is 35.0 Å². The summed E-state index contributed by atoms with van der Waals surface area (Å²) in [5.74, 6) is 4.71. The highest BCUT2D eigenvalue weighted by Crippen LogP contribution is 2.57. The Morgan fingerprint density at radius 2 is 1.71 bits per heavy atom. The van der Waals surface area contributed by atoms with Gasteiger partial charge in [-0.1, -0.05) is 54.9 Å². The summed E-state index contributed by atoms with van der Waals surface area (Å²) >= 11 is 0. The molecule has 17 heavy (non-hydrogen) atoms. The van der Waals surface area contributed by atoms with Gasteiger partial charge in [0.15, 0.2) is 0 Å². The second kappa shape index (κ2) is 5.76. The monoisotopic (exact) mass is 238 g/mol. The standard InChI is InChI=1S/C17H34/c1-8-9-17(6,7)16-11-15(16)14(5)10-13(4)12(2)3/h12-16H,8-11H2,1-7H3. The molecule has 0 bridgehead atoms. The van der Waals surface area contributed by atoms with Crippen LogP contribution in [0.25, 0.3) is 0 Å². The molecule has 0 heterocycles. The Labute approximate surface area is 110 Å². The zero-order valence-electron chi connectivity index (χ0n) is 13.2. The van der Waals surface area contributed by atoms with Crippen molar-refractivity contribution in [3.63, 3.8) is 0 Å². The van der Waals surface area contributed by atoms with Gasteiger partial charge in [0.05, 0.1) is 0 Å². The fourth-order valence-corrected chi connectivity index (χ4v) is 3.61. The minimum Gasteiger partial charge on any atom is -0.0654 e. The maximum absolute atomic E-state index is 2.49. The lowest BCUT2D eigenvalue weighted by molar-refractivity contribution is 0.231. The van der Waals surface area contributed by atoms with Crippen LogP contribution in [-0.2, 0) is 0 Å². The summed E-state index contributed by atoms with van der Waals surface area (Å²) < 4.78 is 0. The molecule has 1 saturated carbocycles. The minimum atomic E-state index is 0.592. The Bertz CT molecular complexity index is 226. The molecule has 0 aliphatic heterocycles. The molecule has 1 aliphatic rings. The Kier molecular flexibility index (Phi) is 5.10. The topological polar surface area (TPSA) is 0 Å². The zero-order chi connectivity index (χ0) is 13.2. The number of rotatable bonds is 7. The van der Waals surface area contributed by atoms with Gasteiger partial charge in [-0.05, 0) is 54.3 Å². The van der Waals surface area contributed by atoms with Gasteiger partial charge in [-0.25, -0.2) is 0 Å². The van der Waals surface area contributed by atoms with Crippen molar-refractivity contribution in [1.82, 2.24) is 0 Å². The highest BCUT2D eigenvalue weighted by atomic mass is 14.5. The van der Waals surface area contributed by atoms with Gasteiger partial charge in [0.1, 0.15) is 0 Å². The Morgan fingerprint density at radius 3 is 2.18 bits per heavy atom. The van der Waals surface area contributed by atoms with Crippen molar-refractivity contribution in [3.8, 4) is 0 Å². The van der Waals surface area contributed by atoms with E-state index in [2.05, 4.69) is 48.5 Å². The summed E-state index contributed by atoms with van der Waals surface area (Å²) in [6.07, 6.45) is 5.67. The van der Waals surface area contributed by atoms with Crippen LogP contribution in [0.15, 0.2) is 0 Å². The van der Waals surface area contributed by atoms with Crippen LogP contribution >= 0.6 is 0 Å². The lowest BCUT2D eigenvalue weighted by Gasteiger charge is -2.27. The first-order valence-corrected chi connectivity index (χ1v) is 7.79. The van der Waals surface area contributed by atoms with Crippen LogP contribution in [-0.4, -0.2) is 0 Å². The van der Waals surface area contributed by atoms with Gasteiger partial charge in [0.25, 0.3) is 0 Å². The maximum Gasteiger partial charge on any atom is -0.0323 e. The zero-order valence-corrected chi connectivity index (χ0v) is 13.2. The molecule has 1 aliphatic carbocycles. The van der Waals surface area contributed by atoms with Crippen LogP contribution in [0.5, 0.6) is 0 Å². The molecule has 4 atom stereocenters. The average Bonchev–Trinajstić information content (AvgIpc) is 2.96. The van der Waals surface area contributed by atoms with E-state index in [1.54, 1.807) is 0 Å². The van der Waals surface area contributed by atoms with E-state index in [1.165, 1.54) is 25.7 Å². The maximum atomic E-state index is 2.49. The molecule has 0 N–H and O–H groups in total. The molecule has 4 unspecified atom stereocenters. The van der Waals surface area contributed by atoms with E-state index in [1.807, 2.05) is 0 Å². The average molecular weight is 238 g/mol. The van der Waals surface area contributed by atoms with E-state index in [0.717, 1.165) is 29.6 Å². The molecule has 0 aromatic heterocycles. The Hall–Kier alpha value is 0. The second-order valence-electron chi connectivity index (χ2n) is 7.68. The van der Waals surface area contributed by atoms with Gasteiger partial charge in [0.2, 0.25) is 0 Å². The van der Waals surface area contributed by atoms with Crippen LogP contribution < -0.4 is 0 Å². The summed E-state index contributed by atoms with van der Waals surface area (Å²) in [4.78, 5) is 0. The molecule has 0 aromatic carbocycles. The number of hydrogen-bond acceptors (Lipinski definition) is 0. The summed E-state index contributed by atoms with van der Waals surface area (Å²) in [5, 5.41) is 0. The smallest absolute Gasteiger partial charge is 0.0323 e. The third-order valence-corrected chi connectivity index (χ3v) is 5.35. The predicted octanol–water partition coefficient (Wildman–Crippen LogP) is 5.77. The van der Waals surface area contributed by atoms with E-state index in [-0.39, 0.29) is 0 Å². The molecule has 0 amide bonds. The molecule has 0 aromatic rings. The quantitative estimate of drug-likeness (QED) is 0.528. The molecular weight excluding hydrogens is 204 g/mol. The van der Waals surface area contributed by atoms with E-state index in [0.29, 0.717) is 5.41 Å². The van der Waals surface area contributed by atoms with Crippen molar-refractivity contribution < 1.29 is 0 Å². The first-order valence-electron chi connectivity index (χ1n) is 7.79. The second-order valence-corrected chi connectivity index (χ2v) is 7.68. The molecule has 0 spiro atoms. The highest BCUT2D eigenvalue weighted by Gasteiger charge is 2.49. The summed E-state index contributed by atoms with van der Waals surface area (Å²) in [6, 6.07) is 0. The predicted molar refractivity (Wildman–Crippen MR) is 78.1 cm³/mol. The largest absolute Gasteiger partial charge is 0.0654 e.